The molecular weight excluding hydrogens is 444 g/mol. The Hall–Kier alpha value is -3.68. The Balaban J connectivity index is 1.33. The highest BCUT2D eigenvalue weighted by atomic mass is 32.2. The number of rotatable bonds is 8. The number of thioether (sulfide) groups is 1. The van der Waals surface area contributed by atoms with Crippen molar-refractivity contribution in [2.24, 2.45) is 0 Å². The van der Waals surface area contributed by atoms with Gasteiger partial charge in [0.25, 0.3) is 0 Å². The molecule has 0 saturated carbocycles. The number of ether oxygens (including phenoxy) is 1. The fourth-order valence-corrected chi connectivity index (χ4v) is 4.56. The van der Waals surface area contributed by atoms with Gasteiger partial charge in [-0.3, -0.25) is 9.55 Å². The van der Waals surface area contributed by atoms with Crippen molar-refractivity contribution in [3.63, 3.8) is 0 Å². The van der Waals surface area contributed by atoms with E-state index < -0.39 is 6.10 Å². The zero-order valence-electron chi connectivity index (χ0n) is 18.7. The SMILES string of the molecule is Cc1ccc(-n2c(SCC(O)COc3cccc4ccccc34)nnc2-c2ccncc2)cc1. The summed E-state index contributed by atoms with van der Waals surface area (Å²) in [7, 11) is 0. The predicted octanol–water partition coefficient (Wildman–Crippen LogP) is 5.32. The molecule has 1 N–H and O–H groups in total. The second-order valence-electron chi connectivity index (χ2n) is 7.97. The Morgan fingerprint density at radius 2 is 1.68 bits per heavy atom. The number of aromatic nitrogens is 4. The van der Waals surface area contributed by atoms with E-state index in [-0.39, 0.29) is 6.61 Å². The molecule has 34 heavy (non-hydrogen) atoms. The maximum Gasteiger partial charge on any atom is 0.196 e. The number of fused-ring (bicyclic) bond motifs is 1. The molecule has 170 valence electrons. The molecule has 2 heterocycles. The monoisotopic (exact) mass is 468 g/mol. The lowest BCUT2D eigenvalue weighted by Crippen LogP contribution is -2.20. The Bertz CT molecular complexity index is 1380. The number of pyridine rings is 1. The van der Waals surface area contributed by atoms with Crippen LogP contribution in [0.5, 0.6) is 5.75 Å². The van der Waals surface area contributed by atoms with Crippen LogP contribution in [0.1, 0.15) is 5.56 Å². The second-order valence-corrected chi connectivity index (χ2v) is 8.95. The fourth-order valence-electron chi connectivity index (χ4n) is 3.70. The van der Waals surface area contributed by atoms with Gasteiger partial charge in [-0.05, 0) is 42.6 Å². The van der Waals surface area contributed by atoms with Crippen LogP contribution in [0, 0.1) is 6.92 Å². The largest absolute Gasteiger partial charge is 0.490 e. The lowest BCUT2D eigenvalue weighted by molar-refractivity contribution is 0.127. The maximum atomic E-state index is 10.7. The molecule has 0 aliphatic carbocycles. The van der Waals surface area contributed by atoms with E-state index in [9.17, 15) is 5.11 Å². The second kappa shape index (κ2) is 10.1. The van der Waals surface area contributed by atoms with Crippen molar-refractivity contribution in [3.8, 4) is 22.8 Å². The number of benzene rings is 3. The van der Waals surface area contributed by atoms with E-state index in [1.807, 2.05) is 71.3 Å². The Labute approximate surface area is 202 Å². The molecule has 5 rings (SSSR count). The van der Waals surface area contributed by atoms with E-state index in [2.05, 4.69) is 34.2 Å². The van der Waals surface area contributed by atoms with Gasteiger partial charge in [0.1, 0.15) is 12.4 Å². The highest BCUT2D eigenvalue weighted by Gasteiger charge is 2.18. The topological polar surface area (TPSA) is 73.1 Å². The van der Waals surface area contributed by atoms with Crippen LogP contribution >= 0.6 is 11.8 Å². The van der Waals surface area contributed by atoms with Crippen LogP contribution in [0.25, 0.3) is 27.8 Å². The first kappa shape index (κ1) is 22.1. The standard InChI is InChI=1S/C27H24N4O2S/c1-19-9-11-22(12-10-19)31-26(21-13-15-28-16-14-21)29-30-27(31)34-18-23(32)17-33-25-8-4-6-20-5-2-3-7-24(20)25/h2-16,23,32H,17-18H2,1H3. The first-order valence-electron chi connectivity index (χ1n) is 11.0. The summed E-state index contributed by atoms with van der Waals surface area (Å²) in [6, 6.07) is 26.0. The van der Waals surface area contributed by atoms with Gasteiger partial charge >= 0.3 is 0 Å². The minimum absolute atomic E-state index is 0.191. The highest BCUT2D eigenvalue weighted by molar-refractivity contribution is 7.99. The molecule has 0 aliphatic rings. The van der Waals surface area contributed by atoms with Crippen LogP contribution in [-0.4, -0.2) is 43.3 Å². The van der Waals surface area contributed by atoms with Crippen molar-refractivity contribution in [2.45, 2.75) is 18.2 Å². The van der Waals surface area contributed by atoms with Crippen molar-refractivity contribution >= 4 is 22.5 Å². The first-order chi connectivity index (χ1) is 16.7. The summed E-state index contributed by atoms with van der Waals surface area (Å²) in [5.74, 6) is 1.92. The first-order valence-corrected chi connectivity index (χ1v) is 12.0. The number of hydrogen-bond donors (Lipinski definition) is 1. The third-order valence-electron chi connectivity index (χ3n) is 5.45. The number of aryl methyl sites for hydroxylation is 1. The van der Waals surface area contributed by atoms with Gasteiger partial charge in [-0.15, -0.1) is 10.2 Å². The number of nitrogens with zero attached hydrogens (tertiary/aromatic N) is 4. The number of hydrogen-bond acceptors (Lipinski definition) is 6. The maximum absolute atomic E-state index is 10.7. The van der Waals surface area contributed by atoms with Gasteiger partial charge in [-0.1, -0.05) is 65.9 Å². The average Bonchev–Trinajstić information content (AvgIpc) is 3.31. The Morgan fingerprint density at radius 1 is 0.912 bits per heavy atom. The summed E-state index contributed by atoms with van der Waals surface area (Å²) in [4.78, 5) is 4.11. The van der Waals surface area contributed by atoms with Gasteiger partial charge in [0.2, 0.25) is 0 Å². The molecular formula is C27H24N4O2S. The van der Waals surface area contributed by atoms with Crippen LogP contribution in [0.3, 0.4) is 0 Å². The molecule has 1 unspecified atom stereocenters. The number of aliphatic hydroxyl groups is 1. The van der Waals surface area contributed by atoms with E-state index in [1.165, 1.54) is 17.3 Å². The molecule has 0 bridgehead atoms. The van der Waals surface area contributed by atoms with Gasteiger partial charge in [-0.25, -0.2) is 0 Å². The van der Waals surface area contributed by atoms with E-state index in [0.29, 0.717) is 10.9 Å². The van der Waals surface area contributed by atoms with E-state index in [1.54, 1.807) is 12.4 Å². The lowest BCUT2D eigenvalue weighted by Gasteiger charge is -2.14. The predicted molar refractivity (Wildman–Crippen MR) is 136 cm³/mol. The minimum atomic E-state index is -0.670. The van der Waals surface area contributed by atoms with Gasteiger partial charge < -0.3 is 9.84 Å². The third kappa shape index (κ3) is 4.81. The van der Waals surface area contributed by atoms with Gasteiger partial charge in [0.15, 0.2) is 11.0 Å². The molecule has 7 heteroatoms. The summed E-state index contributed by atoms with van der Waals surface area (Å²) in [5.41, 5.74) is 3.07. The van der Waals surface area contributed by atoms with Crippen molar-refractivity contribution < 1.29 is 9.84 Å². The van der Waals surface area contributed by atoms with E-state index in [4.69, 9.17) is 4.74 Å². The van der Waals surface area contributed by atoms with Crippen LogP contribution in [0.15, 0.2) is 96.4 Å². The summed E-state index contributed by atoms with van der Waals surface area (Å²) in [6.45, 7) is 2.25. The molecule has 0 fully saturated rings. The zero-order chi connectivity index (χ0) is 23.3. The van der Waals surface area contributed by atoms with Gasteiger partial charge in [-0.2, -0.15) is 0 Å². The molecule has 0 radical (unpaired) electrons. The minimum Gasteiger partial charge on any atom is -0.490 e. The smallest absolute Gasteiger partial charge is 0.196 e. The fraction of sp³-hybridized carbons (Fsp3) is 0.148. The molecule has 6 nitrogen and oxygen atoms in total. The van der Waals surface area contributed by atoms with E-state index >= 15 is 0 Å². The van der Waals surface area contributed by atoms with Gasteiger partial charge in [0.05, 0.1) is 6.10 Å². The van der Waals surface area contributed by atoms with Crippen molar-refractivity contribution in [1.82, 2.24) is 19.7 Å². The summed E-state index contributed by atoms with van der Waals surface area (Å²) in [6.07, 6.45) is 2.81. The molecule has 0 amide bonds. The molecule has 0 saturated heterocycles. The van der Waals surface area contributed by atoms with E-state index in [0.717, 1.165) is 33.6 Å². The van der Waals surface area contributed by atoms with Crippen molar-refractivity contribution in [3.05, 3.63) is 96.8 Å². The number of aliphatic hydroxyl groups excluding tert-OH is 1. The molecule has 2 aromatic heterocycles. The highest BCUT2D eigenvalue weighted by Crippen LogP contribution is 2.29. The molecule has 5 aromatic rings. The summed E-state index contributed by atoms with van der Waals surface area (Å²) in [5, 5.41) is 22.4. The van der Waals surface area contributed by atoms with Crippen LogP contribution in [0.2, 0.25) is 0 Å². The summed E-state index contributed by atoms with van der Waals surface area (Å²) >= 11 is 1.45. The van der Waals surface area contributed by atoms with Gasteiger partial charge in [0, 0.05) is 34.8 Å². The molecule has 0 aliphatic heterocycles. The van der Waals surface area contributed by atoms with Crippen LogP contribution in [-0.2, 0) is 0 Å². The quantitative estimate of drug-likeness (QED) is 0.311. The average molecular weight is 469 g/mol. The zero-order valence-corrected chi connectivity index (χ0v) is 19.5. The van der Waals surface area contributed by atoms with Crippen molar-refractivity contribution in [2.75, 3.05) is 12.4 Å². The van der Waals surface area contributed by atoms with Crippen LogP contribution < -0.4 is 4.74 Å². The molecule has 1 atom stereocenters. The molecule has 0 spiro atoms. The third-order valence-corrected chi connectivity index (χ3v) is 6.52. The lowest BCUT2D eigenvalue weighted by atomic mass is 10.1. The Morgan fingerprint density at radius 3 is 2.50 bits per heavy atom. The van der Waals surface area contributed by atoms with Crippen LogP contribution in [0.4, 0.5) is 0 Å². The normalized spacial score (nSPS) is 12.1. The van der Waals surface area contributed by atoms with Crippen molar-refractivity contribution in [1.29, 1.82) is 0 Å². The molecule has 3 aromatic carbocycles. The Kier molecular flexibility index (Phi) is 6.56. The summed E-state index contributed by atoms with van der Waals surface area (Å²) < 4.78 is 7.97.